The third kappa shape index (κ3) is 6.85. The first-order valence-electron chi connectivity index (χ1n) is 5.55. The Bertz CT molecular complexity index is 430. The van der Waals surface area contributed by atoms with Crippen LogP contribution in [0.25, 0.3) is 0 Å². The Labute approximate surface area is 110 Å². The van der Waals surface area contributed by atoms with E-state index in [4.69, 9.17) is 9.57 Å². The number of hydroxylamine groups is 1. The highest BCUT2D eigenvalue weighted by molar-refractivity contribution is 5.81. The lowest BCUT2D eigenvalue weighted by Crippen LogP contribution is -2.24. The van der Waals surface area contributed by atoms with Crippen LogP contribution in [0.3, 0.4) is 0 Å². The molecule has 6 nitrogen and oxygen atoms in total. The molecule has 0 aromatic heterocycles. The number of esters is 1. The van der Waals surface area contributed by atoms with Crippen molar-refractivity contribution in [2.45, 2.75) is 6.61 Å². The van der Waals surface area contributed by atoms with E-state index in [1.54, 1.807) is 0 Å². The number of amides is 1. The van der Waals surface area contributed by atoms with Crippen LogP contribution in [-0.4, -0.2) is 25.8 Å². The van der Waals surface area contributed by atoms with Crippen molar-refractivity contribution < 1.29 is 23.9 Å². The number of carbonyl (C=O) groups excluding carboxylic acids is 2. The van der Waals surface area contributed by atoms with E-state index in [2.05, 4.69) is 10.2 Å². The Morgan fingerprint density at radius 3 is 2.68 bits per heavy atom. The minimum absolute atomic E-state index is 0.0372. The Balaban J connectivity index is 2.12. The van der Waals surface area contributed by atoms with Crippen LogP contribution in [0.5, 0.6) is 0 Å². The lowest BCUT2D eigenvalue weighted by Gasteiger charge is -2.05. The summed E-state index contributed by atoms with van der Waals surface area (Å²) >= 11 is 0. The molecular weight excluding hydrogens is 250 g/mol. The molecule has 1 rings (SSSR count). The lowest BCUT2D eigenvalue weighted by atomic mass is 10.2. The van der Waals surface area contributed by atoms with Crippen LogP contribution in [0.2, 0.25) is 0 Å². The van der Waals surface area contributed by atoms with Gasteiger partial charge in [-0.1, -0.05) is 30.3 Å². The minimum atomic E-state index is -0.699. The highest BCUT2D eigenvalue weighted by Crippen LogP contribution is 2.00. The van der Waals surface area contributed by atoms with Gasteiger partial charge in [0.15, 0.2) is 0 Å². The molecule has 0 atom stereocenters. The van der Waals surface area contributed by atoms with Crippen molar-refractivity contribution in [2.75, 3.05) is 13.7 Å². The fourth-order valence-electron chi connectivity index (χ4n) is 1.11. The van der Waals surface area contributed by atoms with Gasteiger partial charge in [0.25, 0.3) is 0 Å². The molecule has 1 amide bonds. The van der Waals surface area contributed by atoms with Crippen molar-refractivity contribution in [3.05, 3.63) is 48.0 Å². The molecule has 1 aromatic rings. The van der Waals surface area contributed by atoms with E-state index in [1.807, 2.05) is 30.3 Å². The summed E-state index contributed by atoms with van der Waals surface area (Å²) in [5.41, 5.74) is 2.96. The molecular formula is C13H15NO5. The second-order valence-electron chi connectivity index (χ2n) is 3.40. The van der Waals surface area contributed by atoms with E-state index in [0.717, 1.165) is 5.56 Å². The van der Waals surface area contributed by atoms with Crippen LogP contribution < -0.4 is 5.48 Å². The molecule has 6 heteroatoms. The highest BCUT2D eigenvalue weighted by atomic mass is 16.7. The summed E-state index contributed by atoms with van der Waals surface area (Å²) in [5.74, 6) is -0.491. The number of methoxy groups -OCH3 is 1. The lowest BCUT2D eigenvalue weighted by molar-refractivity contribution is -0.134. The van der Waals surface area contributed by atoms with Crippen LogP contribution in [-0.2, 0) is 25.7 Å². The third-order valence-corrected chi connectivity index (χ3v) is 2.00. The van der Waals surface area contributed by atoms with Gasteiger partial charge in [0, 0.05) is 6.08 Å². The fourth-order valence-corrected chi connectivity index (χ4v) is 1.11. The topological polar surface area (TPSA) is 73.9 Å². The average Bonchev–Trinajstić information content (AvgIpc) is 2.45. The first kappa shape index (κ1) is 14.7. The molecule has 0 radical (unpaired) electrons. The molecule has 0 bridgehead atoms. The number of carbonyl (C=O) groups is 2. The molecule has 19 heavy (non-hydrogen) atoms. The number of ether oxygens (including phenoxy) is 2. The van der Waals surface area contributed by atoms with Gasteiger partial charge in [-0.25, -0.2) is 9.59 Å². The summed E-state index contributed by atoms with van der Waals surface area (Å²) in [6.45, 7) is 0.198. The van der Waals surface area contributed by atoms with E-state index in [1.165, 1.54) is 19.3 Å². The van der Waals surface area contributed by atoms with E-state index in [-0.39, 0.29) is 13.2 Å². The predicted molar refractivity (Wildman–Crippen MR) is 66.9 cm³/mol. The second-order valence-corrected chi connectivity index (χ2v) is 3.40. The van der Waals surface area contributed by atoms with Crippen molar-refractivity contribution >= 4 is 12.1 Å². The van der Waals surface area contributed by atoms with Crippen LogP contribution in [0.15, 0.2) is 42.5 Å². The Kier molecular flexibility index (Phi) is 6.75. The van der Waals surface area contributed by atoms with Crippen molar-refractivity contribution in [1.29, 1.82) is 0 Å². The van der Waals surface area contributed by atoms with Crippen LogP contribution in [0.1, 0.15) is 5.56 Å². The third-order valence-electron chi connectivity index (χ3n) is 2.00. The van der Waals surface area contributed by atoms with Crippen molar-refractivity contribution in [3.8, 4) is 0 Å². The summed E-state index contributed by atoms with van der Waals surface area (Å²) in [7, 11) is 1.27. The summed E-state index contributed by atoms with van der Waals surface area (Å²) in [5, 5.41) is 0. The van der Waals surface area contributed by atoms with Crippen molar-refractivity contribution in [1.82, 2.24) is 5.48 Å². The molecule has 1 aromatic carbocycles. The quantitative estimate of drug-likeness (QED) is 0.366. The van der Waals surface area contributed by atoms with E-state index in [0.29, 0.717) is 0 Å². The molecule has 0 unspecified atom stereocenters. The summed E-state index contributed by atoms with van der Waals surface area (Å²) in [6.07, 6.45) is 1.90. The van der Waals surface area contributed by atoms with Gasteiger partial charge in [-0.2, -0.15) is 5.48 Å². The zero-order valence-corrected chi connectivity index (χ0v) is 10.5. The molecule has 0 heterocycles. The number of rotatable bonds is 6. The van der Waals surface area contributed by atoms with Gasteiger partial charge in [0.05, 0.1) is 13.7 Å². The smallest absolute Gasteiger partial charge is 0.431 e. The molecule has 0 aliphatic heterocycles. The van der Waals surface area contributed by atoms with Gasteiger partial charge >= 0.3 is 12.1 Å². The molecule has 0 aliphatic carbocycles. The highest BCUT2D eigenvalue weighted by Gasteiger charge is 2.01. The first-order chi connectivity index (χ1) is 9.22. The van der Waals surface area contributed by atoms with E-state index < -0.39 is 12.1 Å². The summed E-state index contributed by atoms with van der Waals surface area (Å²) < 4.78 is 9.26. The van der Waals surface area contributed by atoms with Crippen LogP contribution >= 0.6 is 0 Å². The molecule has 0 aliphatic rings. The summed E-state index contributed by atoms with van der Waals surface area (Å²) in [6, 6.07) is 9.26. The molecule has 1 N–H and O–H groups in total. The Hall–Kier alpha value is -2.34. The number of hydrogen-bond acceptors (Lipinski definition) is 5. The second kappa shape index (κ2) is 8.71. The fraction of sp³-hybridized carbons (Fsp3) is 0.231. The largest absolute Gasteiger partial charge is 0.466 e. The molecule has 102 valence electrons. The minimum Gasteiger partial charge on any atom is -0.466 e. The standard InChI is InChI=1S/C13H15NO5/c1-17-12(15)8-5-9-19-14-13(16)18-10-11-6-3-2-4-7-11/h2-8H,9-10H2,1H3,(H,14,16)/b8-5+. The zero-order valence-electron chi connectivity index (χ0n) is 10.5. The molecule has 0 saturated heterocycles. The zero-order chi connectivity index (χ0) is 13.9. The van der Waals surface area contributed by atoms with Gasteiger partial charge in [0.1, 0.15) is 6.61 Å². The maximum Gasteiger partial charge on any atom is 0.431 e. The van der Waals surface area contributed by atoms with E-state index >= 15 is 0 Å². The number of nitrogens with one attached hydrogen (secondary N) is 1. The van der Waals surface area contributed by atoms with Gasteiger partial charge in [-0.15, -0.1) is 0 Å². The Morgan fingerprint density at radius 1 is 1.26 bits per heavy atom. The van der Waals surface area contributed by atoms with Gasteiger partial charge in [-0.05, 0) is 11.6 Å². The van der Waals surface area contributed by atoms with Crippen LogP contribution in [0, 0.1) is 0 Å². The average molecular weight is 265 g/mol. The van der Waals surface area contributed by atoms with Crippen molar-refractivity contribution in [2.24, 2.45) is 0 Å². The number of hydrogen-bond donors (Lipinski definition) is 1. The van der Waals surface area contributed by atoms with Gasteiger partial charge in [0.2, 0.25) is 0 Å². The Morgan fingerprint density at radius 2 is 2.00 bits per heavy atom. The maximum atomic E-state index is 11.2. The van der Waals surface area contributed by atoms with Crippen molar-refractivity contribution in [3.63, 3.8) is 0 Å². The molecule has 0 saturated carbocycles. The normalized spacial score (nSPS) is 10.2. The molecule has 0 spiro atoms. The van der Waals surface area contributed by atoms with Gasteiger partial charge < -0.3 is 9.47 Å². The maximum absolute atomic E-state index is 11.2. The monoisotopic (exact) mass is 265 g/mol. The van der Waals surface area contributed by atoms with E-state index in [9.17, 15) is 9.59 Å². The summed E-state index contributed by atoms with van der Waals surface area (Å²) in [4.78, 5) is 26.6. The van der Waals surface area contributed by atoms with Gasteiger partial charge in [-0.3, -0.25) is 4.84 Å². The number of benzene rings is 1. The molecule has 0 fully saturated rings. The van der Waals surface area contributed by atoms with Crippen LogP contribution in [0.4, 0.5) is 4.79 Å². The SMILES string of the molecule is COC(=O)/C=C/CONC(=O)OCc1ccccc1. The first-order valence-corrected chi connectivity index (χ1v) is 5.55. The predicted octanol–water partition coefficient (Wildman–Crippen LogP) is 1.57.